The Hall–Kier alpha value is -4.05. The molecule has 0 spiro atoms. The number of amides is 1. The second-order valence-electron chi connectivity index (χ2n) is 9.19. The lowest BCUT2D eigenvalue weighted by Crippen LogP contribution is -2.38. The molecule has 0 radical (unpaired) electrons. The number of carbonyl (C=O) groups is 1. The Labute approximate surface area is 227 Å². The lowest BCUT2D eigenvalue weighted by atomic mass is 9.96. The summed E-state index contributed by atoms with van der Waals surface area (Å²) in [5, 5.41) is 11.4. The molecule has 2 aliphatic heterocycles. The van der Waals surface area contributed by atoms with Crippen LogP contribution in [-0.4, -0.2) is 50.8 Å². The predicted molar refractivity (Wildman–Crippen MR) is 142 cm³/mol. The Morgan fingerprint density at radius 3 is 2.58 bits per heavy atom. The van der Waals surface area contributed by atoms with Gasteiger partial charge in [0.05, 0.1) is 5.69 Å². The Bertz CT molecular complexity index is 1470. The van der Waals surface area contributed by atoms with Crippen LogP contribution in [0.3, 0.4) is 0 Å². The second-order valence-corrected chi connectivity index (χ2v) is 10.0. The molecule has 0 aliphatic carbocycles. The van der Waals surface area contributed by atoms with Gasteiger partial charge in [0.1, 0.15) is 28.4 Å². The number of imidazole rings is 1. The third-order valence-electron chi connectivity index (χ3n) is 6.81. The van der Waals surface area contributed by atoms with Crippen LogP contribution in [0.2, 0.25) is 0 Å². The molecular weight excluding hydrogens is 552 g/mol. The van der Waals surface area contributed by atoms with Crippen molar-refractivity contribution in [3.05, 3.63) is 82.7 Å². The summed E-state index contributed by atoms with van der Waals surface area (Å²) in [6.07, 6.45) is 0.952. The van der Waals surface area contributed by atoms with Crippen molar-refractivity contribution in [2.24, 2.45) is 0 Å². The molecule has 1 saturated heterocycles. The zero-order valence-electron chi connectivity index (χ0n) is 20.4. The van der Waals surface area contributed by atoms with Crippen LogP contribution in [0.25, 0.3) is 22.6 Å². The number of likely N-dealkylation sites (tertiary alicyclic amines) is 1. The lowest BCUT2D eigenvalue weighted by Gasteiger charge is -2.30. The van der Waals surface area contributed by atoms with Crippen molar-refractivity contribution in [1.29, 1.82) is 0 Å². The van der Waals surface area contributed by atoms with Gasteiger partial charge in [0.2, 0.25) is 6.79 Å². The van der Waals surface area contributed by atoms with Crippen molar-refractivity contribution in [2.75, 3.05) is 19.9 Å². The molecule has 194 valence electrons. The van der Waals surface area contributed by atoms with Crippen LogP contribution in [0, 0.1) is 0 Å². The van der Waals surface area contributed by atoms with Crippen LogP contribution >= 0.6 is 15.9 Å². The van der Waals surface area contributed by atoms with E-state index in [1.54, 1.807) is 4.90 Å². The number of fused-ring (bicyclic) bond motifs is 1. The summed E-state index contributed by atoms with van der Waals surface area (Å²) in [5.74, 6) is 1.76. The number of aromatic nitrogens is 3. The number of hydrogen-bond acceptors (Lipinski definition) is 7. The van der Waals surface area contributed by atoms with E-state index in [4.69, 9.17) is 19.2 Å². The van der Waals surface area contributed by atoms with Gasteiger partial charge in [0.25, 0.3) is 0 Å². The molecule has 38 heavy (non-hydrogen) atoms. The van der Waals surface area contributed by atoms with Gasteiger partial charge in [0.15, 0.2) is 11.5 Å². The molecule has 1 fully saturated rings. The molecule has 1 amide bonds. The molecule has 0 saturated carbocycles. The summed E-state index contributed by atoms with van der Waals surface area (Å²) < 4.78 is 18.3. The van der Waals surface area contributed by atoms with E-state index >= 15 is 0 Å². The van der Waals surface area contributed by atoms with Gasteiger partial charge in [-0.2, -0.15) is 4.73 Å². The minimum Gasteiger partial charge on any atom is -0.454 e. The molecule has 9 nitrogen and oxygen atoms in total. The van der Waals surface area contributed by atoms with E-state index in [9.17, 15) is 10.0 Å². The van der Waals surface area contributed by atoms with Gasteiger partial charge in [-0.15, -0.1) is 0 Å². The van der Waals surface area contributed by atoms with E-state index in [-0.39, 0.29) is 25.4 Å². The highest BCUT2D eigenvalue weighted by molar-refractivity contribution is 9.10. The normalized spacial score (nSPS) is 15.0. The van der Waals surface area contributed by atoms with Crippen LogP contribution < -0.4 is 9.47 Å². The fourth-order valence-electron chi connectivity index (χ4n) is 4.85. The zero-order valence-corrected chi connectivity index (χ0v) is 22.0. The number of halogens is 1. The van der Waals surface area contributed by atoms with E-state index in [0.717, 1.165) is 15.9 Å². The van der Waals surface area contributed by atoms with Gasteiger partial charge in [-0.1, -0.05) is 36.4 Å². The Kier molecular flexibility index (Phi) is 6.63. The summed E-state index contributed by atoms with van der Waals surface area (Å²) in [6.45, 7) is 1.42. The quantitative estimate of drug-likeness (QED) is 0.235. The largest absolute Gasteiger partial charge is 0.454 e. The summed E-state index contributed by atoms with van der Waals surface area (Å²) >= 11 is 3.44. The highest BCUT2D eigenvalue weighted by Gasteiger charge is 2.31. The van der Waals surface area contributed by atoms with E-state index < -0.39 is 0 Å². The van der Waals surface area contributed by atoms with Crippen LogP contribution in [-0.2, 0) is 11.3 Å². The minimum atomic E-state index is -0.334. The SMILES string of the molecule is O=C(OCc1ccccc1)N1CCC(c2nc(-c3cccc(Br)n3)c(-c3ccc4c(c3)OCO4)n2O)CC1. The monoisotopic (exact) mass is 576 g/mol. The first-order chi connectivity index (χ1) is 18.6. The van der Waals surface area contributed by atoms with Crippen LogP contribution in [0.1, 0.15) is 30.1 Å². The smallest absolute Gasteiger partial charge is 0.410 e. The van der Waals surface area contributed by atoms with E-state index in [2.05, 4.69) is 20.9 Å². The fourth-order valence-corrected chi connectivity index (χ4v) is 5.19. The van der Waals surface area contributed by atoms with Gasteiger partial charge in [0, 0.05) is 24.6 Å². The average molecular weight is 577 g/mol. The van der Waals surface area contributed by atoms with Gasteiger partial charge in [-0.25, -0.2) is 14.8 Å². The maximum Gasteiger partial charge on any atom is 0.410 e. The molecule has 0 atom stereocenters. The molecule has 2 aromatic carbocycles. The molecular formula is C28H25BrN4O5. The number of hydrogen-bond donors (Lipinski definition) is 1. The first-order valence-electron chi connectivity index (χ1n) is 12.4. The number of nitrogens with zero attached hydrogens (tertiary/aromatic N) is 4. The first kappa shape index (κ1) is 24.3. The van der Waals surface area contributed by atoms with Gasteiger partial charge in [-0.05, 0) is 64.7 Å². The third-order valence-corrected chi connectivity index (χ3v) is 7.25. The molecule has 0 bridgehead atoms. The van der Waals surface area contributed by atoms with E-state index in [0.29, 0.717) is 64.9 Å². The van der Waals surface area contributed by atoms with Crippen molar-refractivity contribution in [2.45, 2.75) is 25.4 Å². The Morgan fingerprint density at radius 2 is 1.79 bits per heavy atom. The minimum absolute atomic E-state index is 0.0492. The molecule has 1 N–H and O–H groups in total. The summed E-state index contributed by atoms with van der Waals surface area (Å²) in [7, 11) is 0. The highest BCUT2D eigenvalue weighted by Crippen LogP contribution is 2.41. The topological polar surface area (TPSA) is 98.9 Å². The van der Waals surface area contributed by atoms with Crippen molar-refractivity contribution >= 4 is 22.0 Å². The Morgan fingerprint density at radius 1 is 1.00 bits per heavy atom. The van der Waals surface area contributed by atoms with Crippen LogP contribution in [0.15, 0.2) is 71.3 Å². The van der Waals surface area contributed by atoms with Crippen LogP contribution in [0.5, 0.6) is 11.5 Å². The number of rotatable bonds is 5. The summed E-state index contributed by atoms with van der Waals surface area (Å²) in [5.41, 5.74) is 3.39. The molecule has 0 unspecified atom stereocenters. The highest BCUT2D eigenvalue weighted by atomic mass is 79.9. The molecule has 4 heterocycles. The fraction of sp³-hybridized carbons (Fsp3) is 0.250. The van der Waals surface area contributed by atoms with Gasteiger partial charge in [-0.3, -0.25) is 0 Å². The third kappa shape index (κ3) is 4.79. The summed E-state index contributed by atoms with van der Waals surface area (Å²) in [6, 6.07) is 20.7. The van der Waals surface area contributed by atoms with E-state index in [1.165, 1.54) is 0 Å². The van der Waals surface area contributed by atoms with Crippen molar-refractivity contribution in [1.82, 2.24) is 19.6 Å². The van der Waals surface area contributed by atoms with Crippen molar-refractivity contribution < 1.29 is 24.2 Å². The predicted octanol–water partition coefficient (Wildman–Crippen LogP) is 5.86. The summed E-state index contributed by atoms with van der Waals surface area (Å²) in [4.78, 5) is 23.8. The second kappa shape index (κ2) is 10.4. The molecule has 10 heteroatoms. The number of ether oxygens (including phenoxy) is 3. The number of piperidine rings is 1. The van der Waals surface area contributed by atoms with E-state index in [1.807, 2.05) is 66.7 Å². The molecule has 4 aromatic rings. The number of benzene rings is 2. The Balaban J connectivity index is 1.24. The first-order valence-corrected chi connectivity index (χ1v) is 13.2. The van der Waals surface area contributed by atoms with Gasteiger partial charge < -0.3 is 24.3 Å². The maximum atomic E-state index is 12.6. The molecule has 2 aromatic heterocycles. The number of carbonyl (C=O) groups excluding carboxylic acids is 1. The van der Waals surface area contributed by atoms with Crippen LogP contribution in [0.4, 0.5) is 4.79 Å². The van der Waals surface area contributed by atoms with Gasteiger partial charge >= 0.3 is 6.09 Å². The molecule has 2 aliphatic rings. The maximum absolute atomic E-state index is 12.6. The lowest BCUT2D eigenvalue weighted by molar-refractivity contribution is 0.0846. The zero-order chi connectivity index (χ0) is 26.1. The standard InChI is InChI=1S/C28H25BrN4O5/c29-24-8-4-7-21(30-24)25-26(20-9-10-22-23(15-20)38-17-37-22)33(35)27(31-25)19-11-13-32(14-12-19)28(34)36-16-18-5-2-1-3-6-18/h1-10,15,19,35H,11-14,16-17H2. The number of pyridine rings is 1. The molecule has 6 rings (SSSR count). The van der Waals surface area contributed by atoms with Crippen molar-refractivity contribution in [3.8, 4) is 34.1 Å². The average Bonchev–Trinajstić information content (AvgIpc) is 3.56. The van der Waals surface area contributed by atoms with Crippen molar-refractivity contribution in [3.63, 3.8) is 0 Å².